The summed E-state index contributed by atoms with van der Waals surface area (Å²) in [7, 11) is 0. The number of aromatic nitrogens is 1. The van der Waals surface area contributed by atoms with Crippen LogP contribution in [0.5, 0.6) is 0 Å². The van der Waals surface area contributed by atoms with E-state index in [4.69, 9.17) is 0 Å². The summed E-state index contributed by atoms with van der Waals surface area (Å²) in [6.45, 7) is 5.78. The quantitative estimate of drug-likeness (QED) is 0.886. The first-order valence-corrected chi connectivity index (χ1v) is 7.61. The van der Waals surface area contributed by atoms with E-state index in [-0.39, 0.29) is 5.91 Å². The van der Waals surface area contributed by atoms with E-state index in [1.165, 1.54) is 6.42 Å². The van der Waals surface area contributed by atoms with E-state index in [0.29, 0.717) is 11.6 Å². The number of hydrogen-bond acceptors (Lipinski definition) is 3. The van der Waals surface area contributed by atoms with Gasteiger partial charge in [-0.15, -0.1) is 0 Å². The zero-order chi connectivity index (χ0) is 14.8. The van der Waals surface area contributed by atoms with Crippen LogP contribution in [0.2, 0.25) is 0 Å². The van der Waals surface area contributed by atoms with E-state index in [1.54, 1.807) is 0 Å². The number of rotatable bonds is 5. The summed E-state index contributed by atoms with van der Waals surface area (Å²) in [4.78, 5) is 16.8. The second-order valence-electron chi connectivity index (χ2n) is 5.79. The molecule has 1 aliphatic carbocycles. The van der Waals surface area contributed by atoms with Gasteiger partial charge in [0.1, 0.15) is 11.5 Å². The van der Waals surface area contributed by atoms with Gasteiger partial charge in [-0.1, -0.05) is 31.2 Å². The van der Waals surface area contributed by atoms with Crippen molar-refractivity contribution in [2.45, 2.75) is 20.3 Å². The third kappa shape index (κ3) is 2.99. The van der Waals surface area contributed by atoms with Crippen molar-refractivity contribution in [3.63, 3.8) is 0 Å². The van der Waals surface area contributed by atoms with Gasteiger partial charge in [-0.05, 0) is 36.6 Å². The second-order valence-corrected chi connectivity index (χ2v) is 5.79. The molecule has 1 aromatic carbocycles. The third-order valence-electron chi connectivity index (χ3n) is 4.12. The van der Waals surface area contributed by atoms with Gasteiger partial charge < -0.3 is 10.6 Å². The highest BCUT2D eigenvalue weighted by Crippen LogP contribution is 2.36. The number of carbonyl (C=O) groups excluding carboxylic acids is 1. The van der Waals surface area contributed by atoms with Crippen molar-refractivity contribution in [2.75, 3.05) is 18.4 Å². The van der Waals surface area contributed by atoms with Gasteiger partial charge in [-0.25, -0.2) is 4.98 Å². The molecule has 1 saturated carbocycles. The lowest BCUT2D eigenvalue weighted by Crippen LogP contribution is -2.27. The van der Waals surface area contributed by atoms with E-state index < -0.39 is 0 Å². The van der Waals surface area contributed by atoms with Crippen LogP contribution < -0.4 is 10.6 Å². The predicted octanol–water partition coefficient (Wildman–Crippen LogP) is 3.05. The van der Waals surface area contributed by atoms with E-state index >= 15 is 0 Å². The average Bonchev–Trinajstić information content (AvgIpc) is 3.20. The van der Waals surface area contributed by atoms with Crippen molar-refractivity contribution in [2.24, 2.45) is 11.8 Å². The molecule has 0 radical (unpaired) electrons. The van der Waals surface area contributed by atoms with E-state index in [0.717, 1.165) is 35.6 Å². The maximum Gasteiger partial charge on any atom is 0.270 e. The van der Waals surface area contributed by atoms with Gasteiger partial charge in [0.25, 0.3) is 5.91 Å². The molecule has 4 heteroatoms. The molecule has 0 bridgehead atoms. The average molecular weight is 283 g/mol. The molecule has 2 unspecified atom stereocenters. The van der Waals surface area contributed by atoms with Crippen molar-refractivity contribution in [1.29, 1.82) is 0 Å². The first kappa shape index (κ1) is 13.9. The predicted molar refractivity (Wildman–Crippen MR) is 85.5 cm³/mol. The Labute approximate surface area is 125 Å². The lowest BCUT2D eigenvalue weighted by Gasteiger charge is -2.10. The number of carbonyl (C=O) groups is 1. The number of nitrogens with zero attached hydrogens (tertiary/aromatic N) is 1. The Kier molecular flexibility index (Phi) is 3.78. The molecule has 1 heterocycles. The highest BCUT2D eigenvalue weighted by Gasteiger charge is 2.32. The van der Waals surface area contributed by atoms with Crippen molar-refractivity contribution < 1.29 is 4.79 Å². The molecule has 0 saturated heterocycles. The smallest absolute Gasteiger partial charge is 0.270 e. The largest absolute Gasteiger partial charge is 0.370 e. The van der Waals surface area contributed by atoms with Crippen LogP contribution in [0.15, 0.2) is 30.3 Å². The van der Waals surface area contributed by atoms with Gasteiger partial charge in [-0.2, -0.15) is 0 Å². The first-order valence-electron chi connectivity index (χ1n) is 7.61. The molecule has 0 spiro atoms. The van der Waals surface area contributed by atoms with Crippen LogP contribution in [-0.4, -0.2) is 24.0 Å². The van der Waals surface area contributed by atoms with Gasteiger partial charge >= 0.3 is 0 Å². The topological polar surface area (TPSA) is 54.0 Å². The molecular formula is C17H21N3O. The fourth-order valence-electron chi connectivity index (χ4n) is 2.62. The minimum Gasteiger partial charge on any atom is -0.370 e. The molecule has 1 amide bonds. The minimum atomic E-state index is -0.0843. The van der Waals surface area contributed by atoms with Crippen molar-refractivity contribution in [1.82, 2.24) is 10.3 Å². The molecule has 1 aromatic heterocycles. The van der Waals surface area contributed by atoms with Crippen molar-refractivity contribution in [3.05, 3.63) is 36.0 Å². The lowest BCUT2D eigenvalue weighted by molar-refractivity contribution is 0.0946. The number of anilines is 1. The third-order valence-corrected chi connectivity index (χ3v) is 4.12. The van der Waals surface area contributed by atoms with Crippen molar-refractivity contribution in [3.8, 4) is 0 Å². The second kappa shape index (κ2) is 5.72. The fourth-order valence-corrected chi connectivity index (χ4v) is 2.62. The Bertz CT molecular complexity index is 668. The highest BCUT2D eigenvalue weighted by molar-refractivity contribution is 6.00. The summed E-state index contributed by atoms with van der Waals surface area (Å²) in [5, 5.41) is 8.32. The molecule has 2 aromatic rings. The van der Waals surface area contributed by atoms with E-state index in [2.05, 4.69) is 22.5 Å². The molecule has 0 aliphatic heterocycles. The van der Waals surface area contributed by atoms with Crippen LogP contribution in [-0.2, 0) is 0 Å². The minimum absolute atomic E-state index is 0.0843. The normalized spacial score (nSPS) is 20.3. The zero-order valence-electron chi connectivity index (χ0n) is 12.5. The molecule has 1 fully saturated rings. The van der Waals surface area contributed by atoms with Crippen LogP contribution in [0.4, 0.5) is 5.82 Å². The van der Waals surface area contributed by atoms with Crippen LogP contribution in [0, 0.1) is 11.8 Å². The number of pyridine rings is 1. The summed E-state index contributed by atoms with van der Waals surface area (Å²) >= 11 is 0. The Morgan fingerprint density at radius 3 is 2.86 bits per heavy atom. The molecule has 1 aliphatic rings. The Hall–Kier alpha value is -2.10. The molecule has 2 atom stereocenters. The van der Waals surface area contributed by atoms with Crippen molar-refractivity contribution >= 4 is 22.5 Å². The van der Waals surface area contributed by atoms with Crippen LogP contribution in [0.25, 0.3) is 10.8 Å². The molecule has 2 N–H and O–H groups in total. The van der Waals surface area contributed by atoms with E-state index in [9.17, 15) is 4.79 Å². The van der Waals surface area contributed by atoms with Gasteiger partial charge in [-0.3, -0.25) is 4.79 Å². The van der Waals surface area contributed by atoms with Gasteiger partial charge in [0.05, 0.1) is 0 Å². The number of fused-ring (bicyclic) bond motifs is 1. The molecule has 3 rings (SSSR count). The summed E-state index contributed by atoms with van der Waals surface area (Å²) in [6, 6.07) is 9.86. The monoisotopic (exact) mass is 283 g/mol. The molecule has 21 heavy (non-hydrogen) atoms. The first-order chi connectivity index (χ1) is 10.2. The van der Waals surface area contributed by atoms with Crippen LogP contribution >= 0.6 is 0 Å². The number of nitrogens with one attached hydrogen (secondary N) is 2. The maximum absolute atomic E-state index is 12.3. The maximum atomic E-state index is 12.3. The Morgan fingerprint density at radius 2 is 2.14 bits per heavy atom. The van der Waals surface area contributed by atoms with Crippen LogP contribution in [0.3, 0.4) is 0 Å². The Balaban J connectivity index is 1.85. The summed E-state index contributed by atoms with van der Waals surface area (Å²) in [6.07, 6.45) is 1.22. The van der Waals surface area contributed by atoms with Crippen LogP contribution in [0.1, 0.15) is 30.8 Å². The summed E-state index contributed by atoms with van der Waals surface area (Å²) in [5.74, 6) is 2.08. The molecular weight excluding hydrogens is 262 g/mol. The zero-order valence-corrected chi connectivity index (χ0v) is 12.5. The van der Waals surface area contributed by atoms with Gasteiger partial charge in [0.15, 0.2) is 0 Å². The molecule has 110 valence electrons. The standard InChI is InChI=1S/C17H21N3O/c1-3-18-16-14-7-5-4-6-12(14)9-15(20-16)17(21)19-10-13-8-11(13)2/h4-7,9,11,13H,3,8,10H2,1-2H3,(H,18,20)(H,19,21). The summed E-state index contributed by atoms with van der Waals surface area (Å²) in [5.41, 5.74) is 0.484. The Morgan fingerprint density at radius 1 is 1.38 bits per heavy atom. The molecule has 4 nitrogen and oxygen atoms in total. The van der Waals surface area contributed by atoms with E-state index in [1.807, 2.05) is 37.3 Å². The fraction of sp³-hybridized carbons (Fsp3) is 0.412. The van der Waals surface area contributed by atoms with Gasteiger partial charge in [0, 0.05) is 18.5 Å². The highest BCUT2D eigenvalue weighted by atomic mass is 16.1. The number of amides is 1. The SMILES string of the molecule is CCNc1nc(C(=O)NCC2CC2C)cc2ccccc12. The number of hydrogen-bond donors (Lipinski definition) is 2. The number of benzene rings is 1. The lowest BCUT2D eigenvalue weighted by atomic mass is 10.1. The summed E-state index contributed by atoms with van der Waals surface area (Å²) < 4.78 is 0. The van der Waals surface area contributed by atoms with Gasteiger partial charge in [0.2, 0.25) is 0 Å².